The van der Waals surface area contributed by atoms with Crippen molar-refractivity contribution in [2.75, 3.05) is 7.11 Å². The van der Waals surface area contributed by atoms with Gasteiger partial charge in [-0.05, 0) is 45.9 Å². The lowest BCUT2D eigenvalue weighted by Gasteiger charge is -2.32. The molecule has 1 aliphatic rings. The Bertz CT molecular complexity index is 491. The molecule has 2 N–H and O–H groups in total. The number of methoxy groups -OCH3 is 1. The minimum atomic E-state index is -0.497. The first kappa shape index (κ1) is 15.8. The van der Waals surface area contributed by atoms with Crippen molar-refractivity contribution >= 4 is 23.0 Å². The van der Waals surface area contributed by atoms with Crippen molar-refractivity contribution in [2.45, 2.75) is 44.8 Å². The molecule has 0 radical (unpaired) electrons. The van der Waals surface area contributed by atoms with Crippen LogP contribution in [0.4, 0.5) is 0 Å². The molecular weight excluding hydrogens is 321 g/mol. The summed E-state index contributed by atoms with van der Waals surface area (Å²) < 4.78 is 18.3. The Balaban J connectivity index is 2.29. The number of benzene rings is 1. The largest absolute Gasteiger partial charge is 0.496 e. The van der Waals surface area contributed by atoms with E-state index >= 15 is 0 Å². The Morgan fingerprint density at radius 3 is 2.25 bits per heavy atom. The van der Waals surface area contributed by atoms with E-state index < -0.39 is 24.3 Å². The van der Waals surface area contributed by atoms with E-state index in [2.05, 4.69) is 15.9 Å². The van der Waals surface area contributed by atoms with E-state index in [0.29, 0.717) is 0 Å². The molecule has 1 aliphatic heterocycles. The van der Waals surface area contributed by atoms with Crippen LogP contribution in [0.15, 0.2) is 22.7 Å². The maximum atomic E-state index is 6.34. The molecule has 1 aromatic carbocycles. The molecule has 110 valence electrons. The second-order valence-electron chi connectivity index (χ2n) is 6.04. The molecule has 1 saturated heterocycles. The van der Waals surface area contributed by atoms with E-state index in [1.807, 2.05) is 45.9 Å². The lowest BCUT2D eigenvalue weighted by Crippen LogP contribution is -2.41. The van der Waals surface area contributed by atoms with Crippen LogP contribution in [0.25, 0.3) is 0 Å². The van der Waals surface area contributed by atoms with Crippen LogP contribution in [0.1, 0.15) is 39.2 Å². The third kappa shape index (κ3) is 2.75. The number of halogens is 1. The highest BCUT2D eigenvalue weighted by Crippen LogP contribution is 2.41. The molecule has 0 saturated carbocycles. The maximum Gasteiger partial charge on any atom is 0.480 e. The fraction of sp³-hybridized carbons (Fsp3) is 0.571. The van der Waals surface area contributed by atoms with E-state index in [4.69, 9.17) is 19.8 Å². The van der Waals surface area contributed by atoms with E-state index in [1.54, 1.807) is 7.11 Å². The molecule has 0 aromatic heterocycles. The van der Waals surface area contributed by atoms with Gasteiger partial charge in [-0.15, -0.1) is 0 Å². The van der Waals surface area contributed by atoms with Crippen molar-refractivity contribution < 1.29 is 14.0 Å². The van der Waals surface area contributed by atoms with Gasteiger partial charge in [0.2, 0.25) is 0 Å². The average Bonchev–Trinajstić information content (AvgIpc) is 2.57. The standard InChI is InChI=1S/C14H21BBrNO3/c1-13(2)14(3,4)20-15(19-13)12(17)10-8-9(16)6-7-11(10)18-5/h6-8,12H,17H2,1-5H3/t12-/m0/s1. The molecule has 2 rings (SSSR count). The zero-order valence-electron chi connectivity index (χ0n) is 12.6. The Labute approximate surface area is 129 Å². The Morgan fingerprint density at radius 2 is 1.75 bits per heavy atom. The Hall–Kier alpha value is -0.555. The molecule has 20 heavy (non-hydrogen) atoms. The highest BCUT2D eigenvalue weighted by Gasteiger charge is 2.53. The van der Waals surface area contributed by atoms with E-state index in [1.165, 1.54) is 0 Å². The van der Waals surface area contributed by atoms with Crippen molar-refractivity contribution in [3.63, 3.8) is 0 Å². The summed E-state index contributed by atoms with van der Waals surface area (Å²) >= 11 is 3.45. The molecule has 1 aromatic rings. The first-order valence-corrected chi connectivity index (χ1v) is 7.42. The van der Waals surface area contributed by atoms with Gasteiger partial charge in [0.25, 0.3) is 0 Å². The van der Waals surface area contributed by atoms with Crippen molar-refractivity contribution in [2.24, 2.45) is 5.73 Å². The van der Waals surface area contributed by atoms with Crippen molar-refractivity contribution in [1.29, 1.82) is 0 Å². The van der Waals surface area contributed by atoms with Gasteiger partial charge in [-0.25, -0.2) is 0 Å². The second-order valence-corrected chi connectivity index (χ2v) is 6.95. The van der Waals surface area contributed by atoms with Gasteiger partial charge in [-0.1, -0.05) is 15.9 Å². The molecule has 0 aliphatic carbocycles. The number of hydrogen-bond acceptors (Lipinski definition) is 4. The van der Waals surface area contributed by atoms with Crippen LogP contribution in [-0.2, 0) is 9.31 Å². The van der Waals surface area contributed by atoms with Crippen LogP contribution in [0.2, 0.25) is 0 Å². The minimum absolute atomic E-state index is 0.394. The molecule has 1 heterocycles. The topological polar surface area (TPSA) is 53.7 Å². The number of hydrogen-bond donors (Lipinski definition) is 1. The summed E-state index contributed by atoms with van der Waals surface area (Å²) in [7, 11) is 1.13. The summed E-state index contributed by atoms with van der Waals surface area (Å²) in [6, 6.07) is 5.73. The fourth-order valence-electron chi connectivity index (χ4n) is 2.15. The summed E-state index contributed by atoms with van der Waals surface area (Å²) in [5, 5.41) is 0. The highest BCUT2D eigenvalue weighted by atomic mass is 79.9. The van der Waals surface area contributed by atoms with Crippen molar-refractivity contribution in [1.82, 2.24) is 0 Å². The van der Waals surface area contributed by atoms with Crippen molar-refractivity contribution in [3.8, 4) is 5.75 Å². The quantitative estimate of drug-likeness (QED) is 0.858. The van der Waals surface area contributed by atoms with Gasteiger partial charge in [0.15, 0.2) is 0 Å². The van der Waals surface area contributed by atoms with Crippen LogP contribution in [0.3, 0.4) is 0 Å². The van der Waals surface area contributed by atoms with E-state index in [-0.39, 0.29) is 0 Å². The Kier molecular flexibility index (Phi) is 4.22. The molecular formula is C14H21BBrNO3. The molecule has 0 bridgehead atoms. The van der Waals surface area contributed by atoms with Gasteiger partial charge in [0.05, 0.1) is 24.3 Å². The number of nitrogens with two attached hydrogens (primary N) is 1. The van der Waals surface area contributed by atoms with Crippen LogP contribution in [-0.4, -0.2) is 25.4 Å². The normalized spacial score (nSPS) is 21.9. The van der Waals surface area contributed by atoms with Crippen LogP contribution < -0.4 is 10.5 Å². The predicted octanol–water partition coefficient (Wildman–Crippen LogP) is 3.09. The highest BCUT2D eigenvalue weighted by molar-refractivity contribution is 9.10. The van der Waals surface area contributed by atoms with Crippen molar-refractivity contribution in [3.05, 3.63) is 28.2 Å². The lowest BCUT2D eigenvalue weighted by atomic mass is 9.74. The summed E-state index contributed by atoms with van der Waals surface area (Å²) in [5.74, 6) is 0.318. The predicted molar refractivity (Wildman–Crippen MR) is 83.7 cm³/mol. The van der Waals surface area contributed by atoms with Gasteiger partial charge < -0.3 is 19.8 Å². The monoisotopic (exact) mass is 341 g/mol. The van der Waals surface area contributed by atoms with Crippen LogP contribution in [0, 0.1) is 0 Å². The number of rotatable bonds is 3. The molecule has 0 spiro atoms. The van der Waals surface area contributed by atoms with Gasteiger partial charge in [-0.3, -0.25) is 0 Å². The first-order valence-electron chi connectivity index (χ1n) is 6.62. The second kappa shape index (κ2) is 5.33. The number of ether oxygens (including phenoxy) is 1. The zero-order valence-corrected chi connectivity index (χ0v) is 14.2. The summed E-state index contributed by atoms with van der Waals surface area (Å²) in [4.78, 5) is 0. The lowest BCUT2D eigenvalue weighted by molar-refractivity contribution is 0.00578. The summed E-state index contributed by atoms with van der Waals surface area (Å²) in [6.45, 7) is 8.05. The molecule has 0 amide bonds. The summed E-state index contributed by atoms with van der Waals surface area (Å²) in [5.41, 5.74) is 6.41. The molecule has 1 atom stereocenters. The van der Waals surface area contributed by atoms with E-state index in [9.17, 15) is 0 Å². The average molecular weight is 342 g/mol. The van der Waals surface area contributed by atoms with E-state index in [0.717, 1.165) is 15.8 Å². The minimum Gasteiger partial charge on any atom is -0.496 e. The molecule has 6 heteroatoms. The Morgan fingerprint density at radius 1 is 1.20 bits per heavy atom. The fourth-order valence-corrected chi connectivity index (χ4v) is 2.53. The van der Waals surface area contributed by atoms with Gasteiger partial charge >= 0.3 is 7.12 Å². The van der Waals surface area contributed by atoms with Crippen LogP contribution >= 0.6 is 15.9 Å². The molecule has 4 nitrogen and oxygen atoms in total. The van der Waals surface area contributed by atoms with Crippen LogP contribution in [0.5, 0.6) is 5.75 Å². The first-order chi connectivity index (χ1) is 9.18. The maximum absolute atomic E-state index is 6.34. The smallest absolute Gasteiger partial charge is 0.480 e. The third-order valence-electron chi connectivity index (χ3n) is 4.12. The van der Waals surface area contributed by atoms with Gasteiger partial charge in [-0.2, -0.15) is 0 Å². The third-order valence-corrected chi connectivity index (χ3v) is 4.61. The zero-order chi connectivity index (χ0) is 15.1. The van der Waals surface area contributed by atoms with Gasteiger partial charge in [0, 0.05) is 10.0 Å². The SMILES string of the molecule is COc1ccc(Br)cc1[C@H](N)B1OC(C)(C)C(C)(C)O1. The van der Waals surface area contributed by atoms with Gasteiger partial charge in [0.1, 0.15) is 5.75 Å². The molecule has 0 unspecified atom stereocenters. The molecule has 1 fully saturated rings. The summed E-state index contributed by atoms with van der Waals surface area (Å²) in [6.07, 6.45) is 0.